The standard InChI is InChI=1S/C24H21NO6/c1-30-16-8-6-7-15(13-16)21(26)14-31-24(29)19-11-4-5-12-20(19)25-22(27)17-9-2-3-10-18(17)23(25)28/h2-8,11-13,17-18H,9-10,14H2,1H3/t17-,18-/m1/s1. The predicted octanol–water partition coefficient (Wildman–Crippen LogP) is 3.19. The number of allylic oxidation sites excluding steroid dienone is 2. The van der Waals surface area contributed by atoms with Crippen LogP contribution in [0.1, 0.15) is 33.6 Å². The normalized spacial score (nSPS) is 19.8. The zero-order valence-electron chi connectivity index (χ0n) is 16.9. The van der Waals surface area contributed by atoms with E-state index in [9.17, 15) is 19.2 Å². The third kappa shape index (κ3) is 3.86. The number of para-hydroxylation sites is 1. The summed E-state index contributed by atoms with van der Waals surface area (Å²) in [5.41, 5.74) is 0.599. The number of methoxy groups -OCH3 is 1. The summed E-state index contributed by atoms with van der Waals surface area (Å²) in [5.74, 6) is -2.09. The minimum absolute atomic E-state index is 0.0641. The van der Waals surface area contributed by atoms with Crippen LogP contribution >= 0.6 is 0 Å². The van der Waals surface area contributed by atoms with Crippen molar-refractivity contribution in [2.75, 3.05) is 18.6 Å². The Morgan fingerprint density at radius 3 is 2.32 bits per heavy atom. The highest BCUT2D eigenvalue weighted by molar-refractivity contribution is 6.24. The number of carbonyl (C=O) groups is 4. The summed E-state index contributed by atoms with van der Waals surface area (Å²) in [6, 6.07) is 12.8. The summed E-state index contributed by atoms with van der Waals surface area (Å²) in [6.45, 7) is -0.475. The largest absolute Gasteiger partial charge is 0.497 e. The lowest BCUT2D eigenvalue weighted by atomic mass is 9.85. The van der Waals surface area contributed by atoms with E-state index in [1.807, 2.05) is 12.2 Å². The summed E-state index contributed by atoms with van der Waals surface area (Å²) < 4.78 is 10.3. The SMILES string of the molecule is COc1cccc(C(=O)COC(=O)c2ccccc2N2C(=O)[C@@H]3CC=CC[C@H]3C2=O)c1. The maximum absolute atomic E-state index is 12.9. The Morgan fingerprint density at radius 1 is 0.968 bits per heavy atom. The van der Waals surface area contributed by atoms with Gasteiger partial charge in [0.2, 0.25) is 11.8 Å². The number of ketones is 1. The number of carbonyl (C=O) groups excluding carboxylic acids is 4. The molecule has 1 aliphatic carbocycles. The first-order valence-corrected chi connectivity index (χ1v) is 9.97. The third-order valence-electron chi connectivity index (χ3n) is 5.60. The van der Waals surface area contributed by atoms with E-state index in [1.165, 1.54) is 13.2 Å². The molecule has 7 heteroatoms. The molecular formula is C24H21NO6. The van der Waals surface area contributed by atoms with Crippen molar-refractivity contribution in [2.45, 2.75) is 12.8 Å². The van der Waals surface area contributed by atoms with E-state index in [0.717, 1.165) is 4.90 Å². The molecule has 0 radical (unpaired) electrons. The van der Waals surface area contributed by atoms with Crippen LogP contribution in [0, 0.1) is 11.8 Å². The van der Waals surface area contributed by atoms with Crippen LogP contribution in [0.3, 0.4) is 0 Å². The van der Waals surface area contributed by atoms with Crippen molar-refractivity contribution in [3.8, 4) is 5.75 Å². The summed E-state index contributed by atoms with van der Waals surface area (Å²) in [4.78, 5) is 52.0. The molecule has 4 rings (SSSR count). The van der Waals surface area contributed by atoms with Gasteiger partial charge in [-0.3, -0.25) is 14.4 Å². The Morgan fingerprint density at radius 2 is 1.65 bits per heavy atom. The Hall–Kier alpha value is -3.74. The molecule has 2 amide bonds. The van der Waals surface area contributed by atoms with Crippen molar-refractivity contribution >= 4 is 29.3 Å². The maximum Gasteiger partial charge on any atom is 0.340 e. The fourth-order valence-corrected chi connectivity index (χ4v) is 3.97. The Labute approximate surface area is 179 Å². The number of ether oxygens (including phenoxy) is 2. The number of hydrogen-bond acceptors (Lipinski definition) is 6. The van der Waals surface area contributed by atoms with Gasteiger partial charge < -0.3 is 9.47 Å². The average molecular weight is 419 g/mol. The second kappa shape index (κ2) is 8.55. The quantitative estimate of drug-likeness (QED) is 0.309. The molecule has 1 saturated heterocycles. The molecule has 1 fully saturated rings. The van der Waals surface area contributed by atoms with Gasteiger partial charge in [-0.1, -0.05) is 36.4 Å². The van der Waals surface area contributed by atoms with E-state index in [2.05, 4.69) is 0 Å². The Bertz CT molecular complexity index is 1060. The van der Waals surface area contributed by atoms with Crippen LogP contribution in [0.2, 0.25) is 0 Å². The van der Waals surface area contributed by atoms with Gasteiger partial charge in [0.25, 0.3) is 0 Å². The van der Waals surface area contributed by atoms with E-state index >= 15 is 0 Å². The van der Waals surface area contributed by atoms with E-state index < -0.39 is 30.2 Å². The summed E-state index contributed by atoms with van der Waals surface area (Å²) in [7, 11) is 1.49. The van der Waals surface area contributed by atoms with Gasteiger partial charge in [-0.15, -0.1) is 0 Å². The predicted molar refractivity (Wildman–Crippen MR) is 112 cm³/mol. The van der Waals surface area contributed by atoms with Crippen LogP contribution in [0.15, 0.2) is 60.7 Å². The highest BCUT2D eigenvalue weighted by atomic mass is 16.5. The molecule has 0 bridgehead atoms. The van der Waals surface area contributed by atoms with Crippen molar-refractivity contribution in [1.82, 2.24) is 0 Å². The number of imide groups is 1. The molecule has 0 spiro atoms. The first-order valence-electron chi connectivity index (χ1n) is 9.97. The molecule has 0 saturated carbocycles. The van der Waals surface area contributed by atoms with E-state index in [0.29, 0.717) is 24.2 Å². The lowest BCUT2D eigenvalue weighted by Crippen LogP contribution is -2.32. The molecule has 1 aliphatic heterocycles. The van der Waals surface area contributed by atoms with Gasteiger partial charge in [0.1, 0.15) is 5.75 Å². The van der Waals surface area contributed by atoms with Crippen LogP contribution in [-0.2, 0) is 14.3 Å². The van der Waals surface area contributed by atoms with Gasteiger partial charge in [-0.05, 0) is 37.1 Å². The number of Topliss-reactive ketones (excluding diaryl/α,β-unsaturated/α-hetero) is 1. The fourth-order valence-electron chi connectivity index (χ4n) is 3.97. The number of anilines is 1. The van der Waals surface area contributed by atoms with Gasteiger partial charge in [0.05, 0.1) is 30.2 Å². The van der Waals surface area contributed by atoms with Crippen molar-refractivity contribution < 1.29 is 28.7 Å². The lowest BCUT2D eigenvalue weighted by Gasteiger charge is -2.18. The van der Waals surface area contributed by atoms with Crippen LogP contribution in [0.4, 0.5) is 5.69 Å². The second-order valence-corrected chi connectivity index (χ2v) is 7.42. The van der Waals surface area contributed by atoms with Crippen LogP contribution in [0.5, 0.6) is 5.75 Å². The van der Waals surface area contributed by atoms with Crippen LogP contribution in [-0.4, -0.2) is 37.3 Å². The topological polar surface area (TPSA) is 90.0 Å². The van der Waals surface area contributed by atoms with Gasteiger partial charge in [0, 0.05) is 5.56 Å². The lowest BCUT2D eigenvalue weighted by molar-refractivity contribution is -0.122. The van der Waals surface area contributed by atoms with Crippen molar-refractivity contribution in [3.05, 3.63) is 71.8 Å². The molecule has 0 aromatic heterocycles. The van der Waals surface area contributed by atoms with Crippen LogP contribution < -0.4 is 9.64 Å². The summed E-state index contributed by atoms with van der Waals surface area (Å²) in [6.07, 6.45) is 4.82. The van der Waals surface area contributed by atoms with Crippen molar-refractivity contribution in [2.24, 2.45) is 11.8 Å². The van der Waals surface area contributed by atoms with Gasteiger partial charge in [0.15, 0.2) is 12.4 Å². The van der Waals surface area contributed by atoms with Gasteiger partial charge >= 0.3 is 5.97 Å². The molecular weight excluding hydrogens is 398 g/mol. The fraction of sp³-hybridized carbons (Fsp3) is 0.250. The third-order valence-corrected chi connectivity index (χ3v) is 5.60. The summed E-state index contributed by atoms with van der Waals surface area (Å²) >= 11 is 0. The van der Waals surface area contributed by atoms with Gasteiger partial charge in [-0.2, -0.15) is 0 Å². The molecule has 2 aromatic rings. The minimum atomic E-state index is -0.777. The maximum atomic E-state index is 12.9. The van der Waals surface area contributed by atoms with E-state index in [1.54, 1.807) is 42.5 Å². The molecule has 0 N–H and O–H groups in total. The molecule has 1 heterocycles. The zero-order valence-corrected chi connectivity index (χ0v) is 16.9. The highest BCUT2D eigenvalue weighted by Crippen LogP contribution is 2.38. The number of fused-ring (bicyclic) bond motifs is 1. The number of amides is 2. The number of benzene rings is 2. The van der Waals surface area contributed by atoms with Crippen LogP contribution in [0.25, 0.3) is 0 Å². The monoisotopic (exact) mass is 419 g/mol. The number of esters is 1. The average Bonchev–Trinajstić information content (AvgIpc) is 3.07. The molecule has 2 aliphatic rings. The van der Waals surface area contributed by atoms with Gasteiger partial charge in [-0.25, -0.2) is 9.69 Å². The number of hydrogen-bond donors (Lipinski definition) is 0. The smallest absolute Gasteiger partial charge is 0.340 e. The molecule has 2 aromatic carbocycles. The van der Waals surface area contributed by atoms with Crippen molar-refractivity contribution in [3.63, 3.8) is 0 Å². The first kappa shape index (κ1) is 20.5. The number of nitrogens with zero attached hydrogens (tertiary/aromatic N) is 1. The first-order chi connectivity index (χ1) is 15.0. The Balaban J connectivity index is 1.52. The molecule has 158 valence electrons. The summed E-state index contributed by atoms with van der Waals surface area (Å²) in [5, 5.41) is 0. The molecule has 0 unspecified atom stereocenters. The second-order valence-electron chi connectivity index (χ2n) is 7.42. The highest BCUT2D eigenvalue weighted by Gasteiger charge is 2.48. The zero-order chi connectivity index (χ0) is 22.0. The number of rotatable bonds is 6. The van der Waals surface area contributed by atoms with Crippen molar-refractivity contribution in [1.29, 1.82) is 0 Å². The van der Waals surface area contributed by atoms with E-state index in [-0.39, 0.29) is 23.1 Å². The molecule has 2 atom stereocenters. The Kier molecular flexibility index (Phi) is 5.66. The molecule has 31 heavy (non-hydrogen) atoms. The molecule has 7 nitrogen and oxygen atoms in total. The van der Waals surface area contributed by atoms with E-state index in [4.69, 9.17) is 9.47 Å². The minimum Gasteiger partial charge on any atom is -0.497 e.